The highest BCUT2D eigenvalue weighted by Gasteiger charge is 2.08. The summed E-state index contributed by atoms with van der Waals surface area (Å²) in [5, 5.41) is 2.46. The zero-order valence-corrected chi connectivity index (χ0v) is 11.5. The number of benzene rings is 2. The van der Waals surface area contributed by atoms with Crippen molar-refractivity contribution in [3.63, 3.8) is 0 Å². The van der Waals surface area contributed by atoms with Crippen molar-refractivity contribution in [3.05, 3.63) is 60.6 Å². The van der Waals surface area contributed by atoms with Crippen LogP contribution in [-0.4, -0.2) is 16.5 Å². The van der Waals surface area contributed by atoms with Crippen molar-refractivity contribution in [2.45, 2.75) is 12.8 Å². The molecule has 0 spiro atoms. The van der Waals surface area contributed by atoms with Crippen molar-refractivity contribution in [1.29, 1.82) is 0 Å². The van der Waals surface area contributed by atoms with E-state index in [1.165, 1.54) is 10.8 Å². The maximum absolute atomic E-state index is 5.69. The summed E-state index contributed by atoms with van der Waals surface area (Å²) >= 11 is 0. The Morgan fingerprint density at radius 3 is 2.65 bits per heavy atom. The third-order valence-electron chi connectivity index (χ3n) is 3.51. The lowest BCUT2D eigenvalue weighted by molar-refractivity contribution is 0.713. The summed E-state index contributed by atoms with van der Waals surface area (Å²) in [4.78, 5) is 8.94. The molecule has 3 aromatic rings. The third kappa shape index (κ3) is 2.40. The molecule has 20 heavy (non-hydrogen) atoms. The molecule has 0 amide bonds. The van der Waals surface area contributed by atoms with Gasteiger partial charge in [0.05, 0.1) is 5.69 Å². The largest absolute Gasteiger partial charge is 0.330 e. The van der Waals surface area contributed by atoms with Gasteiger partial charge in [-0.05, 0) is 22.9 Å². The lowest BCUT2D eigenvalue weighted by Crippen LogP contribution is -2.12. The number of nitrogens with zero attached hydrogens (tertiary/aromatic N) is 2. The smallest absolute Gasteiger partial charge is 0.133 e. The van der Waals surface area contributed by atoms with E-state index in [0.29, 0.717) is 6.54 Å². The molecule has 0 saturated carbocycles. The molecular weight excluding hydrogens is 246 g/mol. The van der Waals surface area contributed by atoms with Crippen molar-refractivity contribution in [2.24, 2.45) is 5.73 Å². The molecule has 0 saturated heterocycles. The van der Waals surface area contributed by atoms with Gasteiger partial charge in [-0.2, -0.15) is 0 Å². The van der Waals surface area contributed by atoms with Gasteiger partial charge in [-0.25, -0.2) is 9.97 Å². The second-order valence-corrected chi connectivity index (χ2v) is 5.00. The molecule has 2 N–H and O–H groups in total. The number of hydrogen-bond donors (Lipinski definition) is 1. The zero-order valence-electron chi connectivity index (χ0n) is 11.5. The molecule has 3 nitrogen and oxygen atoms in total. The minimum atomic E-state index is 0.176. The van der Waals surface area contributed by atoms with E-state index >= 15 is 0 Å². The molecule has 0 radical (unpaired) electrons. The van der Waals surface area contributed by atoms with E-state index in [-0.39, 0.29) is 5.92 Å². The molecule has 100 valence electrons. The van der Waals surface area contributed by atoms with Gasteiger partial charge in [0, 0.05) is 24.2 Å². The summed E-state index contributed by atoms with van der Waals surface area (Å²) in [6.07, 6.45) is 1.80. The van der Waals surface area contributed by atoms with Crippen LogP contribution in [0.2, 0.25) is 0 Å². The summed E-state index contributed by atoms with van der Waals surface area (Å²) in [5.41, 5.74) is 7.74. The first-order valence-corrected chi connectivity index (χ1v) is 6.80. The molecule has 0 aliphatic heterocycles. The second-order valence-electron chi connectivity index (χ2n) is 5.00. The van der Waals surface area contributed by atoms with E-state index in [2.05, 4.69) is 40.3 Å². The quantitative estimate of drug-likeness (QED) is 0.788. The first-order valence-electron chi connectivity index (χ1n) is 6.80. The summed E-state index contributed by atoms with van der Waals surface area (Å²) in [5.74, 6) is 0.980. The average molecular weight is 263 g/mol. The Morgan fingerprint density at radius 1 is 1.05 bits per heavy atom. The Morgan fingerprint density at radius 2 is 1.85 bits per heavy atom. The van der Waals surface area contributed by atoms with Crippen LogP contribution >= 0.6 is 0 Å². The molecule has 0 bridgehead atoms. The number of hydrogen-bond acceptors (Lipinski definition) is 3. The Balaban J connectivity index is 2.06. The van der Waals surface area contributed by atoms with Gasteiger partial charge in [0.25, 0.3) is 0 Å². The molecule has 3 heteroatoms. The van der Waals surface area contributed by atoms with Crippen molar-refractivity contribution < 1.29 is 0 Å². The Hall–Kier alpha value is -2.26. The van der Waals surface area contributed by atoms with Crippen LogP contribution in [0.3, 0.4) is 0 Å². The number of fused-ring (bicyclic) bond motifs is 1. The van der Waals surface area contributed by atoms with Crippen LogP contribution in [-0.2, 0) is 0 Å². The fourth-order valence-corrected chi connectivity index (χ4v) is 2.23. The van der Waals surface area contributed by atoms with Crippen LogP contribution in [0.25, 0.3) is 22.0 Å². The van der Waals surface area contributed by atoms with Crippen LogP contribution in [0.4, 0.5) is 0 Å². The molecule has 1 heterocycles. The van der Waals surface area contributed by atoms with E-state index in [9.17, 15) is 0 Å². The molecule has 1 unspecified atom stereocenters. The van der Waals surface area contributed by atoms with Crippen LogP contribution in [0.15, 0.2) is 54.7 Å². The molecule has 1 aromatic heterocycles. The fraction of sp³-hybridized carbons (Fsp3) is 0.176. The van der Waals surface area contributed by atoms with Crippen molar-refractivity contribution >= 4 is 10.8 Å². The zero-order chi connectivity index (χ0) is 13.9. The maximum Gasteiger partial charge on any atom is 0.133 e. The fourth-order valence-electron chi connectivity index (χ4n) is 2.23. The van der Waals surface area contributed by atoms with Crippen LogP contribution < -0.4 is 5.73 Å². The van der Waals surface area contributed by atoms with E-state index in [1.807, 2.05) is 25.1 Å². The first-order chi connectivity index (χ1) is 9.78. The van der Waals surface area contributed by atoms with Gasteiger partial charge in [0.15, 0.2) is 0 Å². The predicted molar refractivity (Wildman–Crippen MR) is 82.4 cm³/mol. The molecule has 2 aromatic carbocycles. The van der Waals surface area contributed by atoms with Crippen molar-refractivity contribution in [3.8, 4) is 11.3 Å². The summed E-state index contributed by atoms with van der Waals surface area (Å²) in [6, 6.07) is 16.7. The first kappa shape index (κ1) is 12.8. The van der Waals surface area contributed by atoms with Crippen LogP contribution in [0.5, 0.6) is 0 Å². The molecule has 3 rings (SSSR count). The van der Waals surface area contributed by atoms with E-state index < -0.39 is 0 Å². The molecule has 1 atom stereocenters. The summed E-state index contributed by atoms with van der Waals surface area (Å²) in [7, 11) is 0. The van der Waals surface area contributed by atoms with Gasteiger partial charge in [0.1, 0.15) is 5.82 Å². The van der Waals surface area contributed by atoms with Gasteiger partial charge < -0.3 is 5.73 Å². The third-order valence-corrected chi connectivity index (χ3v) is 3.51. The van der Waals surface area contributed by atoms with E-state index in [1.54, 1.807) is 6.20 Å². The van der Waals surface area contributed by atoms with Gasteiger partial charge >= 0.3 is 0 Å². The van der Waals surface area contributed by atoms with Crippen LogP contribution in [0.1, 0.15) is 18.7 Å². The molecule has 0 aliphatic carbocycles. The highest BCUT2D eigenvalue weighted by molar-refractivity contribution is 5.86. The number of nitrogens with two attached hydrogens (primary N) is 1. The number of aromatic nitrogens is 2. The monoisotopic (exact) mass is 263 g/mol. The summed E-state index contributed by atoms with van der Waals surface area (Å²) < 4.78 is 0. The number of rotatable bonds is 3. The minimum absolute atomic E-state index is 0.176. The average Bonchev–Trinajstić information content (AvgIpc) is 2.53. The van der Waals surface area contributed by atoms with Gasteiger partial charge in [0.2, 0.25) is 0 Å². The lowest BCUT2D eigenvalue weighted by Gasteiger charge is -2.09. The van der Waals surface area contributed by atoms with Crippen molar-refractivity contribution in [2.75, 3.05) is 6.54 Å². The van der Waals surface area contributed by atoms with Gasteiger partial charge in [-0.3, -0.25) is 0 Å². The van der Waals surface area contributed by atoms with Gasteiger partial charge in [-0.1, -0.05) is 43.3 Å². The van der Waals surface area contributed by atoms with Crippen LogP contribution in [0, 0.1) is 0 Å². The highest BCUT2D eigenvalue weighted by Crippen LogP contribution is 2.23. The Labute approximate surface area is 118 Å². The molecule has 0 fully saturated rings. The normalized spacial score (nSPS) is 12.5. The highest BCUT2D eigenvalue weighted by atomic mass is 14.9. The standard InChI is InChI=1S/C17H17N3/c1-12(11-18)17-19-9-8-16(20-17)15-7-6-13-4-2-3-5-14(13)10-15/h2-10,12H,11,18H2,1H3. The van der Waals surface area contributed by atoms with Gasteiger partial charge in [-0.15, -0.1) is 0 Å². The second kappa shape index (κ2) is 5.39. The Kier molecular flexibility index (Phi) is 3.44. The maximum atomic E-state index is 5.69. The molecular formula is C17H17N3. The van der Waals surface area contributed by atoms with E-state index in [4.69, 9.17) is 5.73 Å². The minimum Gasteiger partial charge on any atom is -0.330 e. The van der Waals surface area contributed by atoms with E-state index in [0.717, 1.165) is 17.1 Å². The summed E-state index contributed by atoms with van der Waals surface area (Å²) in [6.45, 7) is 2.60. The Bertz CT molecular complexity index is 737. The topological polar surface area (TPSA) is 51.8 Å². The molecule has 0 aliphatic rings. The predicted octanol–water partition coefficient (Wildman–Crippen LogP) is 3.36. The lowest BCUT2D eigenvalue weighted by atomic mass is 10.0. The SMILES string of the molecule is CC(CN)c1nccc(-c2ccc3ccccc3c2)n1. The van der Waals surface area contributed by atoms with Crippen molar-refractivity contribution in [1.82, 2.24) is 9.97 Å².